The van der Waals surface area contributed by atoms with Gasteiger partial charge in [0.25, 0.3) is 0 Å². The standard InChI is InChI=1S/C15H33N5O4S.HI/c1-4-16-14(17-6-7-19-25(22,23)5-2)18-12-15(3,21)13-20-8-10-24-11-9-20;/h19,21H,4-13H2,1-3H3,(H2,16,17,18);1H. The SMILES string of the molecule is CCNC(=NCC(C)(O)CN1CCOCC1)NCCNS(=O)(=O)CC.I. The van der Waals surface area contributed by atoms with Crippen molar-refractivity contribution in [3.63, 3.8) is 0 Å². The molecule has 156 valence electrons. The highest BCUT2D eigenvalue weighted by Gasteiger charge is 2.25. The van der Waals surface area contributed by atoms with Crippen LogP contribution in [0.4, 0.5) is 0 Å². The summed E-state index contributed by atoms with van der Waals surface area (Å²) in [4.78, 5) is 6.58. The molecule has 1 unspecified atom stereocenters. The second kappa shape index (κ2) is 13.0. The van der Waals surface area contributed by atoms with Gasteiger partial charge in [0.05, 0.1) is 31.1 Å². The molecule has 9 nitrogen and oxygen atoms in total. The number of β-amino-alcohol motifs (C(OH)–C–C–N with tert-alkyl or cyclic N) is 1. The number of rotatable bonds is 10. The Morgan fingerprint density at radius 3 is 2.46 bits per heavy atom. The van der Waals surface area contributed by atoms with Crippen LogP contribution < -0.4 is 15.4 Å². The van der Waals surface area contributed by atoms with Crippen LogP contribution in [0.2, 0.25) is 0 Å². The van der Waals surface area contributed by atoms with Gasteiger partial charge in [-0.2, -0.15) is 0 Å². The number of aliphatic imine (C=N–C) groups is 1. The first-order valence-electron chi connectivity index (χ1n) is 8.80. The predicted molar refractivity (Wildman–Crippen MR) is 115 cm³/mol. The number of nitrogens with zero attached hydrogens (tertiary/aromatic N) is 2. The Morgan fingerprint density at radius 2 is 1.88 bits per heavy atom. The maximum Gasteiger partial charge on any atom is 0.211 e. The van der Waals surface area contributed by atoms with Crippen LogP contribution in [0.25, 0.3) is 0 Å². The summed E-state index contributed by atoms with van der Waals surface area (Å²) in [6.07, 6.45) is 0. The first-order chi connectivity index (χ1) is 11.8. The van der Waals surface area contributed by atoms with E-state index in [4.69, 9.17) is 4.74 Å². The first kappa shape index (κ1) is 25.8. The second-order valence-corrected chi connectivity index (χ2v) is 8.40. The smallest absolute Gasteiger partial charge is 0.211 e. The van der Waals surface area contributed by atoms with E-state index in [0.717, 1.165) is 13.1 Å². The Balaban J connectivity index is 0.00000625. The molecule has 0 spiro atoms. The Kier molecular flexibility index (Phi) is 12.9. The van der Waals surface area contributed by atoms with Crippen LogP contribution in [-0.4, -0.2) is 94.8 Å². The molecule has 1 aliphatic rings. The van der Waals surface area contributed by atoms with Crippen molar-refractivity contribution in [2.75, 3.05) is 64.8 Å². The Bertz CT molecular complexity index is 510. The maximum atomic E-state index is 11.4. The molecule has 1 heterocycles. The number of aliphatic hydroxyl groups is 1. The zero-order valence-corrected chi connectivity index (χ0v) is 19.1. The minimum absolute atomic E-state index is 0. The number of morpholine rings is 1. The number of halogens is 1. The fourth-order valence-corrected chi connectivity index (χ4v) is 2.99. The number of hydrogen-bond donors (Lipinski definition) is 4. The average molecular weight is 507 g/mol. The van der Waals surface area contributed by atoms with Crippen molar-refractivity contribution in [2.45, 2.75) is 26.4 Å². The third kappa shape index (κ3) is 11.5. The van der Waals surface area contributed by atoms with Gasteiger partial charge in [0.2, 0.25) is 10.0 Å². The fourth-order valence-electron chi connectivity index (χ4n) is 2.37. The van der Waals surface area contributed by atoms with Crippen molar-refractivity contribution in [1.29, 1.82) is 0 Å². The van der Waals surface area contributed by atoms with Gasteiger partial charge in [-0.25, -0.2) is 13.1 Å². The predicted octanol–water partition coefficient (Wildman–Crippen LogP) is -0.818. The lowest BCUT2D eigenvalue weighted by Gasteiger charge is -2.33. The molecule has 0 bridgehead atoms. The van der Waals surface area contributed by atoms with E-state index < -0.39 is 15.6 Å². The Hall–Kier alpha value is -0.210. The van der Waals surface area contributed by atoms with Crippen LogP contribution in [0, 0.1) is 0 Å². The van der Waals surface area contributed by atoms with Crippen molar-refractivity contribution in [2.24, 2.45) is 4.99 Å². The zero-order valence-electron chi connectivity index (χ0n) is 16.0. The van der Waals surface area contributed by atoms with Gasteiger partial charge in [0.15, 0.2) is 5.96 Å². The molecule has 1 atom stereocenters. The molecule has 1 saturated heterocycles. The molecule has 1 rings (SSSR count). The topological polar surface area (TPSA) is 115 Å². The lowest BCUT2D eigenvalue weighted by atomic mass is 10.1. The first-order valence-corrected chi connectivity index (χ1v) is 10.4. The van der Waals surface area contributed by atoms with E-state index in [1.165, 1.54) is 0 Å². The number of ether oxygens (including phenoxy) is 1. The fraction of sp³-hybridized carbons (Fsp3) is 0.933. The van der Waals surface area contributed by atoms with E-state index in [1.807, 2.05) is 6.92 Å². The van der Waals surface area contributed by atoms with Gasteiger partial charge in [0, 0.05) is 39.3 Å². The lowest BCUT2D eigenvalue weighted by molar-refractivity contribution is -0.0179. The average Bonchev–Trinajstić information content (AvgIpc) is 2.57. The van der Waals surface area contributed by atoms with E-state index in [-0.39, 0.29) is 42.8 Å². The molecule has 0 aromatic heterocycles. The van der Waals surface area contributed by atoms with E-state index in [1.54, 1.807) is 13.8 Å². The maximum absolute atomic E-state index is 11.4. The van der Waals surface area contributed by atoms with E-state index >= 15 is 0 Å². The summed E-state index contributed by atoms with van der Waals surface area (Å²) in [5.74, 6) is 0.617. The molecule has 0 aromatic carbocycles. The third-order valence-corrected chi connectivity index (χ3v) is 5.11. The van der Waals surface area contributed by atoms with Crippen LogP contribution >= 0.6 is 24.0 Å². The van der Waals surface area contributed by atoms with E-state index in [0.29, 0.717) is 38.8 Å². The van der Waals surface area contributed by atoms with Crippen molar-refractivity contribution in [3.05, 3.63) is 0 Å². The molecule has 26 heavy (non-hydrogen) atoms. The number of nitrogens with one attached hydrogen (secondary N) is 3. The van der Waals surface area contributed by atoms with Crippen LogP contribution in [0.1, 0.15) is 20.8 Å². The number of sulfonamides is 1. The molecule has 0 amide bonds. The highest BCUT2D eigenvalue weighted by Crippen LogP contribution is 2.09. The van der Waals surface area contributed by atoms with Gasteiger partial charge < -0.3 is 20.5 Å². The summed E-state index contributed by atoms with van der Waals surface area (Å²) >= 11 is 0. The van der Waals surface area contributed by atoms with Gasteiger partial charge in [-0.05, 0) is 20.8 Å². The van der Waals surface area contributed by atoms with Gasteiger partial charge in [0.1, 0.15) is 0 Å². The summed E-state index contributed by atoms with van der Waals surface area (Å²) < 4.78 is 30.6. The van der Waals surface area contributed by atoms with Gasteiger partial charge in [-0.3, -0.25) is 9.89 Å². The number of hydrogen-bond acceptors (Lipinski definition) is 6. The second-order valence-electron chi connectivity index (χ2n) is 6.31. The summed E-state index contributed by atoms with van der Waals surface area (Å²) in [6.45, 7) is 10.5. The molecule has 11 heteroatoms. The Morgan fingerprint density at radius 1 is 1.23 bits per heavy atom. The minimum Gasteiger partial charge on any atom is -0.387 e. The largest absolute Gasteiger partial charge is 0.387 e. The molecule has 0 saturated carbocycles. The molecular weight excluding hydrogens is 473 g/mol. The van der Waals surface area contributed by atoms with Crippen LogP contribution in [0.15, 0.2) is 4.99 Å². The van der Waals surface area contributed by atoms with Crippen molar-refractivity contribution in [3.8, 4) is 0 Å². The van der Waals surface area contributed by atoms with Crippen molar-refractivity contribution in [1.82, 2.24) is 20.3 Å². The highest BCUT2D eigenvalue weighted by molar-refractivity contribution is 14.0. The van der Waals surface area contributed by atoms with Gasteiger partial charge in [-0.1, -0.05) is 0 Å². The highest BCUT2D eigenvalue weighted by atomic mass is 127. The lowest BCUT2D eigenvalue weighted by Crippen LogP contribution is -2.48. The molecule has 0 aliphatic carbocycles. The van der Waals surface area contributed by atoms with Gasteiger partial charge in [-0.15, -0.1) is 24.0 Å². The van der Waals surface area contributed by atoms with E-state index in [9.17, 15) is 13.5 Å². The third-order valence-electron chi connectivity index (χ3n) is 3.71. The summed E-state index contributed by atoms with van der Waals surface area (Å²) in [5.41, 5.74) is -0.941. The normalized spacial score (nSPS) is 18.7. The van der Waals surface area contributed by atoms with Crippen molar-refractivity contribution < 1.29 is 18.3 Å². The van der Waals surface area contributed by atoms with Crippen LogP contribution in [0.3, 0.4) is 0 Å². The zero-order chi connectivity index (χ0) is 18.8. The molecular formula is C15H34IN5O4S. The monoisotopic (exact) mass is 507 g/mol. The van der Waals surface area contributed by atoms with Crippen molar-refractivity contribution >= 4 is 40.0 Å². The summed E-state index contributed by atoms with van der Waals surface area (Å²) in [7, 11) is -3.19. The van der Waals surface area contributed by atoms with Gasteiger partial charge >= 0.3 is 0 Å². The molecule has 0 radical (unpaired) electrons. The number of guanidine groups is 1. The van der Waals surface area contributed by atoms with Crippen LogP contribution in [-0.2, 0) is 14.8 Å². The molecule has 4 N–H and O–H groups in total. The molecule has 1 aliphatic heterocycles. The summed E-state index contributed by atoms with van der Waals surface area (Å²) in [5, 5.41) is 16.7. The quantitative estimate of drug-likeness (QED) is 0.132. The van der Waals surface area contributed by atoms with Crippen LogP contribution in [0.5, 0.6) is 0 Å². The molecule has 1 fully saturated rings. The van der Waals surface area contributed by atoms with E-state index in [2.05, 4.69) is 25.2 Å². The summed E-state index contributed by atoms with van der Waals surface area (Å²) in [6, 6.07) is 0. The minimum atomic E-state index is -3.19. The molecule has 0 aromatic rings. The Labute approximate surface area is 174 Å².